The van der Waals surface area contributed by atoms with Crippen molar-refractivity contribution in [1.82, 2.24) is 24.8 Å². The summed E-state index contributed by atoms with van der Waals surface area (Å²) >= 11 is 0. The van der Waals surface area contributed by atoms with Crippen LogP contribution >= 0.6 is 0 Å². The van der Waals surface area contributed by atoms with Crippen LogP contribution in [0.1, 0.15) is 48.0 Å². The topological polar surface area (TPSA) is 82.8 Å². The summed E-state index contributed by atoms with van der Waals surface area (Å²) in [6.07, 6.45) is -3.25. The van der Waals surface area contributed by atoms with E-state index in [9.17, 15) is 22.8 Å². The van der Waals surface area contributed by atoms with Crippen LogP contribution < -0.4 is 0 Å². The number of likely N-dealkylation sites (tertiary alicyclic amines) is 1. The summed E-state index contributed by atoms with van der Waals surface area (Å²) in [4.78, 5) is 34.5. The third-order valence-electron chi connectivity index (χ3n) is 6.31. The molecule has 0 saturated carbocycles. The number of urea groups is 1. The summed E-state index contributed by atoms with van der Waals surface area (Å²) in [6, 6.07) is 4.78. The number of piperidine rings is 1. The molecule has 2 fully saturated rings. The summed E-state index contributed by atoms with van der Waals surface area (Å²) in [5.41, 5.74) is -0.0119. The molecule has 2 aromatic rings. The van der Waals surface area contributed by atoms with Crippen LogP contribution in [-0.2, 0) is 17.4 Å². The highest BCUT2D eigenvalue weighted by Gasteiger charge is 2.38. The van der Waals surface area contributed by atoms with Gasteiger partial charge in [-0.05, 0) is 24.1 Å². The molecule has 0 spiro atoms. The van der Waals surface area contributed by atoms with Crippen molar-refractivity contribution < 1.29 is 27.3 Å². The number of carbonyl (C=O) groups excluding carboxylic acids is 2. The molecule has 3 amide bonds. The number of likely N-dealkylation sites (N-methyl/N-ethyl adjacent to an activating group) is 1. The van der Waals surface area contributed by atoms with E-state index in [1.54, 1.807) is 16.8 Å². The number of rotatable bonds is 3. The Hall–Kier alpha value is -3.11. The molecule has 2 atom stereocenters. The summed E-state index contributed by atoms with van der Waals surface area (Å²) in [7, 11) is 1.70. The molecular formula is C22H26F3N5O3. The number of halogens is 3. The predicted octanol–water partition coefficient (Wildman–Crippen LogP) is 3.12. The van der Waals surface area contributed by atoms with E-state index in [-0.39, 0.29) is 30.3 Å². The van der Waals surface area contributed by atoms with Gasteiger partial charge in [0.1, 0.15) is 6.54 Å². The third kappa shape index (κ3) is 4.96. The molecule has 2 saturated heterocycles. The molecule has 2 aliphatic rings. The molecule has 1 aromatic carbocycles. The van der Waals surface area contributed by atoms with Gasteiger partial charge in [-0.3, -0.25) is 4.79 Å². The van der Waals surface area contributed by atoms with Crippen LogP contribution in [0, 0.1) is 0 Å². The number of hydrogen-bond donors (Lipinski definition) is 0. The number of piperazine rings is 1. The molecular weight excluding hydrogens is 439 g/mol. The van der Waals surface area contributed by atoms with Gasteiger partial charge >= 0.3 is 12.2 Å². The Kier molecular flexibility index (Phi) is 6.31. The standard InChI is InChI=1S/C22H26F3N5O3/c1-3-18-26-20(33-27-18)16-10-15(14-4-6-17(7-5-14)22(23,24)25)11-30(12-16)21(32)29-9-8-28(2)19(31)13-29/h4-7,15-16H,3,8-13H2,1-2H3. The lowest BCUT2D eigenvalue weighted by Crippen LogP contribution is -2.56. The SMILES string of the molecule is CCc1noc(C2CC(c3ccc(C(F)(F)F)cc3)CN(C(=O)N3CCN(C)C(=O)C3)C2)n1. The van der Waals surface area contributed by atoms with Crippen LogP contribution in [0.25, 0.3) is 0 Å². The predicted molar refractivity (Wildman–Crippen MR) is 111 cm³/mol. The maximum atomic E-state index is 13.3. The molecule has 0 N–H and O–H groups in total. The number of nitrogens with zero attached hydrogens (tertiary/aromatic N) is 5. The van der Waals surface area contributed by atoms with Crippen molar-refractivity contribution in [2.75, 3.05) is 39.8 Å². The van der Waals surface area contributed by atoms with Crippen molar-refractivity contribution in [2.45, 2.75) is 37.8 Å². The van der Waals surface area contributed by atoms with Gasteiger partial charge in [-0.1, -0.05) is 24.2 Å². The highest BCUT2D eigenvalue weighted by atomic mass is 19.4. The maximum Gasteiger partial charge on any atom is 0.416 e. The molecule has 0 aliphatic carbocycles. The van der Waals surface area contributed by atoms with Crippen LogP contribution in [0.5, 0.6) is 0 Å². The fourth-order valence-electron chi connectivity index (χ4n) is 4.32. The highest BCUT2D eigenvalue weighted by Crippen LogP contribution is 2.37. The van der Waals surface area contributed by atoms with Gasteiger partial charge in [0, 0.05) is 45.6 Å². The summed E-state index contributed by atoms with van der Waals surface area (Å²) < 4.78 is 44.4. The normalized spacial score (nSPS) is 22.1. The average Bonchev–Trinajstić information content (AvgIpc) is 3.29. The third-order valence-corrected chi connectivity index (χ3v) is 6.31. The van der Waals surface area contributed by atoms with Gasteiger partial charge in [-0.2, -0.15) is 18.2 Å². The average molecular weight is 465 g/mol. The van der Waals surface area contributed by atoms with Crippen LogP contribution in [0.2, 0.25) is 0 Å². The van der Waals surface area contributed by atoms with Crippen molar-refractivity contribution >= 4 is 11.9 Å². The van der Waals surface area contributed by atoms with E-state index in [0.717, 1.165) is 12.1 Å². The number of aryl methyl sites for hydroxylation is 1. The Morgan fingerprint density at radius 2 is 1.82 bits per heavy atom. The van der Waals surface area contributed by atoms with Gasteiger partial charge < -0.3 is 19.2 Å². The first-order valence-electron chi connectivity index (χ1n) is 10.9. The van der Waals surface area contributed by atoms with Crippen molar-refractivity contribution in [2.24, 2.45) is 0 Å². The van der Waals surface area contributed by atoms with Gasteiger partial charge in [-0.15, -0.1) is 0 Å². The zero-order valence-electron chi connectivity index (χ0n) is 18.5. The Morgan fingerprint density at radius 1 is 1.12 bits per heavy atom. The summed E-state index contributed by atoms with van der Waals surface area (Å²) in [5, 5.41) is 3.95. The lowest BCUT2D eigenvalue weighted by atomic mass is 9.84. The first-order chi connectivity index (χ1) is 15.7. The summed E-state index contributed by atoms with van der Waals surface area (Å²) in [5.74, 6) is 0.368. The molecule has 0 radical (unpaired) electrons. The van der Waals surface area contributed by atoms with Gasteiger partial charge in [0.05, 0.1) is 11.5 Å². The highest BCUT2D eigenvalue weighted by molar-refractivity contribution is 5.85. The Labute approximate surface area is 189 Å². The Balaban J connectivity index is 1.58. The Morgan fingerprint density at radius 3 is 2.42 bits per heavy atom. The van der Waals surface area contributed by atoms with E-state index in [0.29, 0.717) is 56.3 Å². The van der Waals surface area contributed by atoms with E-state index in [1.165, 1.54) is 17.0 Å². The van der Waals surface area contributed by atoms with Crippen LogP contribution in [-0.4, -0.2) is 76.6 Å². The van der Waals surface area contributed by atoms with E-state index in [4.69, 9.17) is 4.52 Å². The monoisotopic (exact) mass is 465 g/mol. The molecule has 11 heteroatoms. The summed E-state index contributed by atoms with van der Waals surface area (Å²) in [6.45, 7) is 3.45. The number of carbonyl (C=O) groups is 2. The minimum Gasteiger partial charge on any atom is -0.342 e. The van der Waals surface area contributed by atoms with Crippen molar-refractivity contribution in [3.8, 4) is 0 Å². The van der Waals surface area contributed by atoms with Crippen LogP contribution in [0.4, 0.5) is 18.0 Å². The first-order valence-corrected chi connectivity index (χ1v) is 10.9. The second-order valence-electron chi connectivity index (χ2n) is 8.58. The second-order valence-corrected chi connectivity index (χ2v) is 8.58. The van der Waals surface area contributed by atoms with E-state index in [2.05, 4.69) is 10.1 Å². The minimum absolute atomic E-state index is 0.00197. The molecule has 1 aromatic heterocycles. The maximum absolute atomic E-state index is 13.3. The van der Waals surface area contributed by atoms with Gasteiger partial charge in [0.15, 0.2) is 5.82 Å². The molecule has 178 valence electrons. The molecule has 3 heterocycles. The smallest absolute Gasteiger partial charge is 0.342 e. The van der Waals surface area contributed by atoms with Crippen LogP contribution in [0.15, 0.2) is 28.8 Å². The number of hydrogen-bond acceptors (Lipinski definition) is 5. The molecule has 2 aliphatic heterocycles. The fraction of sp³-hybridized carbons (Fsp3) is 0.545. The Bertz CT molecular complexity index is 1010. The number of amides is 3. The lowest BCUT2D eigenvalue weighted by molar-refractivity contribution is -0.137. The molecule has 2 unspecified atom stereocenters. The molecule has 4 rings (SSSR count). The van der Waals surface area contributed by atoms with Crippen molar-refractivity contribution in [3.05, 3.63) is 47.1 Å². The van der Waals surface area contributed by atoms with Crippen LogP contribution in [0.3, 0.4) is 0 Å². The molecule has 33 heavy (non-hydrogen) atoms. The first kappa shape index (κ1) is 23.1. The second kappa shape index (κ2) is 9.03. The van der Waals surface area contributed by atoms with Gasteiger partial charge in [0.2, 0.25) is 11.8 Å². The number of aromatic nitrogens is 2. The van der Waals surface area contributed by atoms with Crippen molar-refractivity contribution in [3.63, 3.8) is 0 Å². The number of alkyl halides is 3. The van der Waals surface area contributed by atoms with Gasteiger partial charge in [-0.25, -0.2) is 4.79 Å². The minimum atomic E-state index is -4.41. The molecule has 0 bridgehead atoms. The van der Waals surface area contributed by atoms with E-state index < -0.39 is 11.7 Å². The number of benzene rings is 1. The van der Waals surface area contributed by atoms with Gasteiger partial charge in [0.25, 0.3) is 0 Å². The largest absolute Gasteiger partial charge is 0.416 e. The lowest BCUT2D eigenvalue weighted by Gasteiger charge is -2.41. The molecule has 8 nitrogen and oxygen atoms in total. The quantitative estimate of drug-likeness (QED) is 0.696. The van der Waals surface area contributed by atoms with E-state index in [1.807, 2.05) is 6.92 Å². The van der Waals surface area contributed by atoms with E-state index >= 15 is 0 Å². The zero-order valence-corrected chi connectivity index (χ0v) is 18.5. The van der Waals surface area contributed by atoms with Crippen molar-refractivity contribution in [1.29, 1.82) is 0 Å². The fourth-order valence-corrected chi connectivity index (χ4v) is 4.32. The zero-order chi connectivity index (χ0) is 23.8.